The van der Waals surface area contributed by atoms with Gasteiger partial charge in [-0.1, -0.05) is 34.6 Å². The second-order valence-electron chi connectivity index (χ2n) is 9.88. The summed E-state index contributed by atoms with van der Waals surface area (Å²) >= 11 is 0. The fourth-order valence-electron chi connectivity index (χ4n) is 4.89. The van der Waals surface area contributed by atoms with Crippen LogP contribution in [0, 0.1) is 17.2 Å². The lowest BCUT2D eigenvalue weighted by Crippen LogP contribution is -2.69. The van der Waals surface area contributed by atoms with E-state index in [1.165, 1.54) is 18.2 Å². The van der Waals surface area contributed by atoms with Crippen molar-refractivity contribution in [1.29, 1.82) is 0 Å². The summed E-state index contributed by atoms with van der Waals surface area (Å²) in [7, 11) is 0. The molecule has 1 saturated heterocycles. The fourth-order valence-corrected chi connectivity index (χ4v) is 4.89. The van der Waals surface area contributed by atoms with Crippen molar-refractivity contribution in [3.8, 4) is 5.75 Å². The summed E-state index contributed by atoms with van der Waals surface area (Å²) in [4.78, 5) is 39.0. The minimum Gasteiger partial charge on any atom is -0.482 e. The number of amides is 3. The molecule has 0 radical (unpaired) electrons. The van der Waals surface area contributed by atoms with Gasteiger partial charge in [0.15, 0.2) is 5.60 Å². The number of benzene rings is 1. The van der Waals surface area contributed by atoms with Crippen LogP contribution in [0.25, 0.3) is 0 Å². The number of nitrogens with two attached hydrogens (primary N) is 1. The van der Waals surface area contributed by atoms with E-state index in [4.69, 9.17) is 19.9 Å². The number of carbonyl (C=O) groups is 3. The molecule has 0 bridgehead atoms. The standard InChI is InChI=1S/C23H32FN3O6/c1-13(2)23(21(3,4)5,33-20(25)30)19(29)27-17-18(28)26-15-7-6-14(24)12-16(15)32-22(17)8-10-31-11-9-22/h6-7,12-13,17H,8-11H2,1-5H3,(H2,25,30)(H,26,28)(H,27,29)/t17-,23-/m1/s1. The van der Waals surface area contributed by atoms with Crippen molar-refractivity contribution in [3.63, 3.8) is 0 Å². The molecule has 4 N–H and O–H groups in total. The molecular formula is C23H32FN3O6. The van der Waals surface area contributed by atoms with E-state index in [1.54, 1.807) is 34.6 Å². The van der Waals surface area contributed by atoms with Gasteiger partial charge >= 0.3 is 6.09 Å². The normalized spacial score (nSPS) is 21.8. The second kappa shape index (κ2) is 8.81. The third-order valence-corrected chi connectivity index (χ3v) is 6.44. The summed E-state index contributed by atoms with van der Waals surface area (Å²) in [5, 5.41) is 5.51. The van der Waals surface area contributed by atoms with Crippen LogP contribution in [0.3, 0.4) is 0 Å². The van der Waals surface area contributed by atoms with Crippen molar-refractivity contribution in [2.24, 2.45) is 17.1 Å². The molecule has 1 aromatic rings. The van der Waals surface area contributed by atoms with Crippen LogP contribution >= 0.6 is 0 Å². The summed E-state index contributed by atoms with van der Waals surface area (Å²) in [5.74, 6) is -2.02. The van der Waals surface area contributed by atoms with Crippen molar-refractivity contribution >= 4 is 23.6 Å². The average molecular weight is 466 g/mol. The number of fused-ring (bicyclic) bond motifs is 1. The van der Waals surface area contributed by atoms with Crippen molar-refractivity contribution in [2.45, 2.75) is 64.7 Å². The number of hydrogen-bond donors (Lipinski definition) is 3. The zero-order valence-corrected chi connectivity index (χ0v) is 19.6. The van der Waals surface area contributed by atoms with Gasteiger partial charge < -0.3 is 30.6 Å². The molecule has 0 saturated carbocycles. The largest absolute Gasteiger partial charge is 0.482 e. The molecule has 9 nitrogen and oxygen atoms in total. The maximum Gasteiger partial charge on any atom is 0.405 e. The number of anilines is 1. The van der Waals surface area contributed by atoms with Gasteiger partial charge in [0.2, 0.25) is 0 Å². The lowest BCUT2D eigenvalue weighted by atomic mass is 9.68. The lowest BCUT2D eigenvalue weighted by Gasteiger charge is -2.47. The monoisotopic (exact) mass is 465 g/mol. The highest BCUT2D eigenvalue weighted by atomic mass is 19.1. The minimum absolute atomic E-state index is 0.168. The Hall–Kier alpha value is -2.88. The molecule has 2 atom stereocenters. The molecule has 182 valence electrons. The molecular weight excluding hydrogens is 433 g/mol. The number of hydrogen-bond acceptors (Lipinski definition) is 6. The Morgan fingerprint density at radius 2 is 1.91 bits per heavy atom. The molecule has 2 heterocycles. The van der Waals surface area contributed by atoms with Gasteiger partial charge in [0.25, 0.3) is 11.8 Å². The molecule has 3 amide bonds. The Morgan fingerprint density at radius 3 is 2.45 bits per heavy atom. The van der Waals surface area contributed by atoms with Crippen LogP contribution in [0.2, 0.25) is 0 Å². The first-order chi connectivity index (χ1) is 15.3. The summed E-state index contributed by atoms with van der Waals surface area (Å²) in [5.41, 5.74) is 1.92. The Kier molecular flexibility index (Phi) is 6.61. The summed E-state index contributed by atoms with van der Waals surface area (Å²) in [6.07, 6.45) is -0.538. The number of nitrogens with one attached hydrogen (secondary N) is 2. The van der Waals surface area contributed by atoms with Crippen molar-refractivity contribution < 1.29 is 33.0 Å². The number of ether oxygens (including phenoxy) is 3. The van der Waals surface area contributed by atoms with Crippen LogP contribution in [-0.2, 0) is 19.1 Å². The number of carbonyl (C=O) groups excluding carboxylic acids is 3. The van der Waals surface area contributed by atoms with Crippen molar-refractivity contribution in [3.05, 3.63) is 24.0 Å². The fraction of sp³-hybridized carbons (Fsp3) is 0.609. The SMILES string of the molecule is CC(C)[C@@](OC(N)=O)(C(=O)N[C@@H]1C(=O)Nc2ccc(F)cc2OC12CCOCC2)C(C)(C)C. The maximum absolute atomic E-state index is 13.9. The van der Waals surface area contributed by atoms with Crippen LogP contribution in [0.1, 0.15) is 47.5 Å². The van der Waals surface area contributed by atoms with Gasteiger partial charge in [0.05, 0.1) is 18.9 Å². The van der Waals surface area contributed by atoms with Gasteiger partial charge in [-0.25, -0.2) is 9.18 Å². The number of rotatable bonds is 4. The summed E-state index contributed by atoms with van der Waals surface area (Å²) in [6, 6.07) is 2.65. The van der Waals surface area contributed by atoms with Crippen molar-refractivity contribution in [2.75, 3.05) is 18.5 Å². The Balaban J connectivity index is 2.06. The Bertz CT molecular complexity index is 939. The lowest BCUT2D eigenvalue weighted by molar-refractivity contribution is -0.165. The molecule has 0 aromatic heterocycles. The maximum atomic E-state index is 13.9. The molecule has 1 fully saturated rings. The topological polar surface area (TPSA) is 129 Å². The van der Waals surface area contributed by atoms with E-state index >= 15 is 0 Å². The van der Waals surface area contributed by atoms with Crippen LogP contribution in [-0.4, -0.2) is 48.4 Å². The first kappa shape index (κ1) is 24.8. The number of primary amides is 1. The smallest absolute Gasteiger partial charge is 0.405 e. The molecule has 2 aliphatic heterocycles. The molecule has 0 unspecified atom stereocenters. The molecule has 1 spiro atoms. The van der Waals surface area contributed by atoms with Crippen LogP contribution in [0.5, 0.6) is 5.75 Å². The van der Waals surface area contributed by atoms with E-state index in [9.17, 15) is 18.8 Å². The van der Waals surface area contributed by atoms with Crippen LogP contribution in [0.15, 0.2) is 18.2 Å². The summed E-state index contributed by atoms with van der Waals surface area (Å²) < 4.78 is 31.1. The van der Waals surface area contributed by atoms with Gasteiger partial charge in [0, 0.05) is 30.2 Å². The van der Waals surface area contributed by atoms with E-state index in [0.29, 0.717) is 5.69 Å². The predicted octanol–water partition coefficient (Wildman–Crippen LogP) is 2.73. The molecule has 33 heavy (non-hydrogen) atoms. The van der Waals surface area contributed by atoms with E-state index in [0.717, 1.165) is 0 Å². The Labute approximate surface area is 192 Å². The van der Waals surface area contributed by atoms with Gasteiger partial charge in [-0.3, -0.25) is 9.59 Å². The minimum atomic E-state index is -1.67. The van der Waals surface area contributed by atoms with E-state index in [1.807, 2.05) is 0 Å². The van der Waals surface area contributed by atoms with Gasteiger partial charge in [-0.05, 0) is 12.1 Å². The third-order valence-electron chi connectivity index (χ3n) is 6.44. The zero-order valence-electron chi connectivity index (χ0n) is 19.6. The molecule has 2 aliphatic rings. The van der Waals surface area contributed by atoms with E-state index < -0.39 is 52.3 Å². The van der Waals surface area contributed by atoms with Crippen molar-refractivity contribution in [1.82, 2.24) is 5.32 Å². The highest BCUT2D eigenvalue weighted by Crippen LogP contribution is 2.42. The Morgan fingerprint density at radius 1 is 1.27 bits per heavy atom. The first-order valence-corrected chi connectivity index (χ1v) is 11.0. The number of halogens is 1. The molecule has 0 aliphatic carbocycles. The third kappa shape index (κ3) is 4.48. The average Bonchev–Trinajstić information content (AvgIpc) is 2.80. The molecule has 3 rings (SSSR count). The molecule has 10 heteroatoms. The summed E-state index contributed by atoms with van der Waals surface area (Å²) in [6.45, 7) is 9.31. The predicted molar refractivity (Wildman–Crippen MR) is 118 cm³/mol. The van der Waals surface area contributed by atoms with E-state index in [-0.39, 0.29) is 31.8 Å². The molecule has 1 aromatic carbocycles. The highest BCUT2D eigenvalue weighted by molar-refractivity contribution is 6.01. The highest BCUT2D eigenvalue weighted by Gasteiger charge is 2.57. The zero-order chi connectivity index (χ0) is 24.6. The van der Waals surface area contributed by atoms with Crippen LogP contribution < -0.4 is 21.1 Å². The van der Waals surface area contributed by atoms with Gasteiger partial charge in [0.1, 0.15) is 23.2 Å². The van der Waals surface area contributed by atoms with Crippen LogP contribution in [0.4, 0.5) is 14.9 Å². The second-order valence-corrected chi connectivity index (χ2v) is 9.88. The van der Waals surface area contributed by atoms with Gasteiger partial charge in [-0.15, -0.1) is 0 Å². The quantitative estimate of drug-likeness (QED) is 0.627. The van der Waals surface area contributed by atoms with E-state index in [2.05, 4.69) is 10.6 Å². The first-order valence-electron chi connectivity index (χ1n) is 11.0. The van der Waals surface area contributed by atoms with Gasteiger partial charge in [-0.2, -0.15) is 0 Å².